The van der Waals surface area contributed by atoms with E-state index in [0.29, 0.717) is 13.1 Å². The fourth-order valence-corrected chi connectivity index (χ4v) is 5.98. The standard InChI is InChI=1S/C23H28N2O5S2/c1-16-6-7-20-18(13-16)14-19(15-30-32(3,28)29)21-5-4-10-24-23(21)22(20)17-8-11-25(12-9-17)31(2,26)27/h4-7,10,13-14,17,22H,8-9,11-12,15H2,1-3H3. The molecule has 1 unspecified atom stereocenters. The molecule has 32 heavy (non-hydrogen) atoms. The van der Waals surface area contributed by atoms with E-state index in [2.05, 4.69) is 18.2 Å². The summed E-state index contributed by atoms with van der Waals surface area (Å²) in [6, 6.07) is 10.1. The minimum absolute atomic E-state index is 0.0181. The van der Waals surface area contributed by atoms with Crippen LogP contribution in [-0.4, -0.2) is 58.3 Å². The van der Waals surface area contributed by atoms with Crippen molar-refractivity contribution in [3.05, 3.63) is 64.5 Å². The van der Waals surface area contributed by atoms with E-state index in [0.717, 1.165) is 52.6 Å². The highest BCUT2D eigenvalue weighted by Crippen LogP contribution is 2.44. The van der Waals surface area contributed by atoms with Crippen molar-refractivity contribution in [3.8, 4) is 0 Å². The smallest absolute Gasteiger partial charge is 0.264 e. The Bertz CT molecular complexity index is 1260. The zero-order valence-electron chi connectivity index (χ0n) is 18.5. The summed E-state index contributed by atoms with van der Waals surface area (Å²) in [6.45, 7) is 2.93. The summed E-state index contributed by atoms with van der Waals surface area (Å²) in [6.07, 6.45) is 7.52. The molecule has 1 aromatic heterocycles. The number of aryl methyl sites for hydroxylation is 1. The maximum absolute atomic E-state index is 12.0. The lowest BCUT2D eigenvalue weighted by Crippen LogP contribution is -2.39. The molecule has 1 aliphatic carbocycles. The van der Waals surface area contributed by atoms with E-state index in [9.17, 15) is 16.8 Å². The summed E-state index contributed by atoms with van der Waals surface area (Å²) in [5, 5.41) is 0. The highest BCUT2D eigenvalue weighted by atomic mass is 32.2. The monoisotopic (exact) mass is 476 g/mol. The van der Waals surface area contributed by atoms with Crippen LogP contribution in [0.1, 0.15) is 46.7 Å². The van der Waals surface area contributed by atoms with Crippen LogP contribution in [0, 0.1) is 12.8 Å². The minimum atomic E-state index is -3.60. The van der Waals surface area contributed by atoms with Gasteiger partial charge < -0.3 is 0 Å². The van der Waals surface area contributed by atoms with Crippen LogP contribution in [0.4, 0.5) is 0 Å². The third-order valence-electron chi connectivity index (χ3n) is 6.25. The molecule has 0 N–H and O–H groups in total. The molecule has 2 aromatic rings. The number of nitrogens with zero attached hydrogens (tertiary/aromatic N) is 2. The molecule has 1 atom stereocenters. The Labute approximate surface area is 190 Å². The van der Waals surface area contributed by atoms with Crippen molar-refractivity contribution in [1.29, 1.82) is 0 Å². The van der Waals surface area contributed by atoms with Crippen molar-refractivity contribution < 1.29 is 21.0 Å². The molecule has 0 amide bonds. The van der Waals surface area contributed by atoms with Gasteiger partial charge in [-0.2, -0.15) is 8.42 Å². The number of piperidine rings is 1. The molecular formula is C23H28N2O5S2. The van der Waals surface area contributed by atoms with Gasteiger partial charge in [-0.3, -0.25) is 9.17 Å². The van der Waals surface area contributed by atoms with E-state index in [1.165, 1.54) is 6.26 Å². The Morgan fingerprint density at radius 1 is 1.09 bits per heavy atom. The Balaban J connectivity index is 1.79. The first-order valence-corrected chi connectivity index (χ1v) is 14.3. The number of pyridine rings is 1. The quantitative estimate of drug-likeness (QED) is 0.616. The van der Waals surface area contributed by atoms with Gasteiger partial charge in [-0.15, -0.1) is 0 Å². The van der Waals surface area contributed by atoms with Crippen LogP contribution >= 0.6 is 0 Å². The van der Waals surface area contributed by atoms with Crippen molar-refractivity contribution in [2.45, 2.75) is 25.7 Å². The van der Waals surface area contributed by atoms with Crippen molar-refractivity contribution in [1.82, 2.24) is 9.29 Å². The topological polar surface area (TPSA) is 93.6 Å². The Morgan fingerprint density at radius 2 is 1.81 bits per heavy atom. The number of benzene rings is 1. The lowest BCUT2D eigenvalue weighted by Gasteiger charge is -2.35. The molecule has 1 saturated heterocycles. The molecule has 2 aliphatic rings. The maximum Gasteiger partial charge on any atom is 0.264 e. The normalized spacial score (nSPS) is 20.2. The molecule has 0 saturated carbocycles. The zero-order valence-corrected chi connectivity index (χ0v) is 20.1. The number of sulfonamides is 1. The summed E-state index contributed by atoms with van der Waals surface area (Å²) < 4.78 is 54.0. The second-order valence-corrected chi connectivity index (χ2v) is 12.3. The van der Waals surface area contributed by atoms with Gasteiger partial charge in [-0.1, -0.05) is 29.8 Å². The number of aromatic nitrogens is 1. The fraction of sp³-hybridized carbons (Fsp3) is 0.435. The molecule has 0 bridgehead atoms. The van der Waals surface area contributed by atoms with Crippen LogP contribution in [0.15, 0.2) is 36.5 Å². The summed E-state index contributed by atoms with van der Waals surface area (Å²) in [4.78, 5) is 4.74. The second kappa shape index (κ2) is 8.70. The third kappa shape index (κ3) is 4.96. The maximum atomic E-state index is 12.0. The summed E-state index contributed by atoms with van der Waals surface area (Å²) in [5.41, 5.74) is 5.78. The molecule has 172 valence electrons. The average Bonchev–Trinajstić information content (AvgIpc) is 2.85. The number of rotatable bonds is 5. The molecule has 0 spiro atoms. The first-order valence-electron chi connectivity index (χ1n) is 10.6. The van der Waals surface area contributed by atoms with E-state index in [4.69, 9.17) is 9.17 Å². The molecule has 9 heteroatoms. The van der Waals surface area contributed by atoms with E-state index in [1.54, 1.807) is 10.5 Å². The van der Waals surface area contributed by atoms with Gasteiger partial charge in [-0.25, -0.2) is 12.7 Å². The van der Waals surface area contributed by atoms with Gasteiger partial charge in [0.05, 0.1) is 24.8 Å². The first kappa shape index (κ1) is 23.1. The zero-order chi connectivity index (χ0) is 23.1. The van der Waals surface area contributed by atoms with Crippen molar-refractivity contribution in [3.63, 3.8) is 0 Å². The minimum Gasteiger partial charge on any atom is -0.265 e. The molecule has 1 aliphatic heterocycles. The van der Waals surface area contributed by atoms with Crippen LogP contribution in [0.25, 0.3) is 11.6 Å². The summed E-state index contributed by atoms with van der Waals surface area (Å²) in [5.74, 6) is 0.196. The first-order chi connectivity index (χ1) is 15.0. The largest absolute Gasteiger partial charge is 0.265 e. The lowest BCUT2D eigenvalue weighted by molar-refractivity contribution is 0.256. The van der Waals surface area contributed by atoms with Crippen molar-refractivity contribution >= 4 is 31.8 Å². The van der Waals surface area contributed by atoms with E-state index in [1.807, 2.05) is 25.1 Å². The fourth-order valence-electron chi connectivity index (χ4n) is 4.76. The molecule has 1 aromatic carbocycles. The van der Waals surface area contributed by atoms with Gasteiger partial charge in [0.15, 0.2) is 0 Å². The van der Waals surface area contributed by atoms with E-state index < -0.39 is 20.1 Å². The molecule has 4 rings (SSSR count). The number of hydrogen-bond donors (Lipinski definition) is 0. The van der Waals surface area contributed by atoms with Crippen LogP contribution in [0.2, 0.25) is 0 Å². The molecule has 0 radical (unpaired) electrons. The summed E-state index contributed by atoms with van der Waals surface area (Å²) >= 11 is 0. The van der Waals surface area contributed by atoms with Crippen molar-refractivity contribution in [2.24, 2.45) is 5.92 Å². The number of hydrogen-bond acceptors (Lipinski definition) is 6. The number of fused-ring (bicyclic) bond motifs is 2. The lowest BCUT2D eigenvalue weighted by atomic mass is 9.76. The van der Waals surface area contributed by atoms with Crippen molar-refractivity contribution in [2.75, 3.05) is 32.2 Å². The predicted molar refractivity (Wildman–Crippen MR) is 125 cm³/mol. The highest BCUT2D eigenvalue weighted by molar-refractivity contribution is 7.88. The van der Waals surface area contributed by atoms with E-state index in [-0.39, 0.29) is 18.4 Å². The molecule has 2 heterocycles. The van der Waals surface area contributed by atoms with Gasteiger partial charge in [-0.05, 0) is 54.5 Å². The Hall–Kier alpha value is -2.07. The van der Waals surface area contributed by atoms with Gasteiger partial charge in [0.1, 0.15) is 0 Å². The van der Waals surface area contributed by atoms with Crippen LogP contribution < -0.4 is 0 Å². The highest BCUT2D eigenvalue weighted by Gasteiger charge is 2.36. The van der Waals surface area contributed by atoms with Crippen LogP contribution in [0.5, 0.6) is 0 Å². The average molecular weight is 477 g/mol. The van der Waals surface area contributed by atoms with Gasteiger partial charge >= 0.3 is 0 Å². The van der Waals surface area contributed by atoms with Gasteiger partial charge in [0, 0.05) is 30.8 Å². The predicted octanol–water partition coefficient (Wildman–Crippen LogP) is 3.02. The second-order valence-electron chi connectivity index (χ2n) is 8.68. The summed E-state index contributed by atoms with van der Waals surface area (Å²) in [7, 11) is -6.81. The van der Waals surface area contributed by atoms with Crippen LogP contribution in [0.3, 0.4) is 0 Å². The Kier molecular flexibility index (Phi) is 6.28. The molecule has 1 fully saturated rings. The Morgan fingerprint density at radius 3 is 2.47 bits per heavy atom. The van der Waals surface area contributed by atoms with Gasteiger partial charge in [0.2, 0.25) is 10.0 Å². The van der Waals surface area contributed by atoms with Gasteiger partial charge in [0.25, 0.3) is 10.1 Å². The SMILES string of the molecule is Cc1ccc2c(c1)C=C(COS(C)(=O)=O)c1cccnc1C2C1CCN(S(C)(=O)=O)CC1. The third-order valence-corrected chi connectivity index (χ3v) is 8.10. The molecule has 7 nitrogen and oxygen atoms in total. The molecular weight excluding hydrogens is 448 g/mol. The van der Waals surface area contributed by atoms with Crippen LogP contribution in [-0.2, 0) is 24.3 Å². The van der Waals surface area contributed by atoms with E-state index >= 15 is 0 Å².